The van der Waals surface area contributed by atoms with E-state index < -0.39 is 47.9 Å². The molecule has 10 heteroatoms. The number of primary amides is 1. The van der Waals surface area contributed by atoms with Gasteiger partial charge in [0.15, 0.2) is 0 Å². The topological polar surface area (TPSA) is 176 Å². The van der Waals surface area contributed by atoms with Crippen LogP contribution in [0.15, 0.2) is 0 Å². The third-order valence-corrected chi connectivity index (χ3v) is 3.91. The highest BCUT2D eigenvalue weighted by Gasteiger charge is 2.39. The van der Waals surface area contributed by atoms with Crippen LogP contribution in [0.25, 0.3) is 0 Å². The van der Waals surface area contributed by atoms with Crippen LogP contribution in [0.3, 0.4) is 0 Å². The van der Waals surface area contributed by atoms with Crippen LogP contribution < -0.4 is 16.8 Å². The van der Waals surface area contributed by atoms with Crippen LogP contribution in [0.2, 0.25) is 0 Å². The van der Waals surface area contributed by atoms with Crippen LogP contribution in [0.4, 0.5) is 0 Å². The van der Waals surface area contributed by atoms with Gasteiger partial charge in [0.25, 0.3) is 0 Å². The number of aliphatic hydroxyl groups is 1. The third-order valence-electron chi connectivity index (χ3n) is 3.91. The SMILES string of the molecule is C[C@@H](O)[C@H](NC(=O)[C@@H](N)CCC(N)=O)C(=O)N1CCC[C@H]1C(=O)O. The fourth-order valence-electron chi connectivity index (χ4n) is 2.54. The molecule has 1 aliphatic heterocycles. The van der Waals surface area contributed by atoms with Gasteiger partial charge in [-0.1, -0.05) is 0 Å². The number of carboxylic acid groups (broad SMARTS) is 1. The highest BCUT2D eigenvalue weighted by atomic mass is 16.4. The van der Waals surface area contributed by atoms with Crippen LogP contribution in [-0.4, -0.2) is 69.6 Å². The molecule has 1 rings (SSSR count). The fourth-order valence-corrected chi connectivity index (χ4v) is 2.54. The van der Waals surface area contributed by atoms with E-state index in [0.717, 1.165) is 4.90 Å². The van der Waals surface area contributed by atoms with Crippen molar-refractivity contribution in [1.29, 1.82) is 0 Å². The minimum atomic E-state index is -1.31. The van der Waals surface area contributed by atoms with Crippen molar-refractivity contribution >= 4 is 23.7 Å². The molecule has 10 nitrogen and oxygen atoms in total. The molecular formula is C14H24N4O6. The standard InChI is InChI=1S/C14H24N4O6/c1-7(19)11(17-12(21)8(15)4-5-10(16)20)13(22)18-6-2-3-9(18)14(23)24/h7-9,11,19H,2-6,15H2,1H3,(H2,16,20)(H,17,21)(H,23,24)/t7-,8+,9+,11+/m1/s1. The molecule has 1 heterocycles. The molecule has 0 radical (unpaired) electrons. The Kier molecular flexibility index (Phi) is 7.11. The van der Waals surface area contributed by atoms with Crippen LogP contribution in [-0.2, 0) is 19.2 Å². The Bertz CT molecular complexity index is 509. The Morgan fingerprint density at radius 2 is 1.96 bits per heavy atom. The highest BCUT2D eigenvalue weighted by molar-refractivity contribution is 5.92. The summed E-state index contributed by atoms with van der Waals surface area (Å²) in [6.07, 6.45) is -0.473. The molecule has 0 bridgehead atoms. The molecule has 3 amide bonds. The lowest BCUT2D eigenvalue weighted by molar-refractivity contribution is -0.150. The van der Waals surface area contributed by atoms with Crippen molar-refractivity contribution in [3.05, 3.63) is 0 Å². The number of nitrogens with one attached hydrogen (secondary N) is 1. The molecule has 7 N–H and O–H groups in total. The van der Waals surface area contributed by atoms with E-state index in [1.807, 2.05) is 0 Å². The maximum atomic E-state index is 12.5. The van der Waals surface area contributed by atoms with E-state index in [1.54, 1.807) is 0 Å². The van der Waals surface area contributed by atoms with Crippen LogP contribution in [0.5, 0.6) is 0 Å². The summed E-state index contributed by atoms with van der Waals surface area (Å²) in [7, 11) is 0. The average molecular weight is 344 g/mol. The van der Waals surface area contributed by atoms with Gasteiger partial charge < -0.3 is 31.9 Å². The van der Waals surface area contributed by atoms with Crippen molar-refractivity contribution in [2.24, 2.45) is 11.5 Å². The summed E-state index contributed by atoms with van der Waals surface area (Å²) in [5.74, 6) is -3.13. The molecule has 0 unspecified atom stereocenters. The van der Waals surface area contributed by atoms with Crippen molar-refractivity contribution in [3.8, 4) is 0 Å². The summed E-state index contributed by atoms with van der Waals surface area (Å²) >= 11 is 0. The molecule has 4 atom stereocenters. The first-order valence-corrected chi connectivity index (χ1v) is 7.70. The van der Waals surface area contributed by atoms with Crippen LogP contribution in [0.1, 0.15) is 32.6 Å². The van der Waals surface area contributed by atoms with E-state index in [1.165, 1.54) is 6.92 Å². The fraction of sp³-hybridized carbons (Fsp3) is 0.714. The molecule has 1 fully saturated rings. The number of nitrogens with zero attached hydrogens (tertiary/aromatic N) is 1. The molecule has 0 saturated carbocycles. The summed E-state index contributed by atoms with van der Waals surface area (Å²) in [5.41, 5.74) is 10.6. The van der Waals surface area contributed by atoms with Crippen molar-refractivity contribution in [2.45, 2.75) is 56.8 Å². The summed E-state index contributed by atoms with van der Waals surface area (Å²) < 4.78 is 0. The number of carbonyl (C=O) groups excluding carboxylic acids is 3. The minimum Gasteiger partial charge on any atom is -0.480 e. The van der Waals surface area contributed by atoms with E-state index in [9.17, 15) is 24.3 Å². The van der Waals surface area contributed by atoms with Gasteiger partial charge in [-0.05, 0) is 26.2 Å². The molecular weight excluding hydrogens is 320 g/mol. The second-order valence-electron chi connectivity index (χ2n) is 5.87. The van der Waals surface area contributed by atoms with Gasteiger partial charge in [-0.15, -0.1) is 0 Å². The Labute approximate surface area is 139 Å². The number of aliphatic carboxylic acids is 1. The van der Waals surface area contributed by atoms with E-state index in [0.29, 0.717) is 12.8 Å². The number of aliphatic hydroxyl groups excluding tert-OH is 1. The zero-order valence-electron chi connectivity index (χ0n) is 13.5. The highest BCUT2D eigenvalue weighted by Crippen LogP contribution is 2.19. The quantitative estimate of drug-likeness (QED) is 0.324. The number of rotatable bonds is 8. The van der Waals surface area contributed by atoms with Gasteiger partial charge >= 0.3 is 5.97 Å². The van der Waals surface area contributed by atoms with Gasteiger partial charge in [0.05, 0.1) is 12.1 Å². The molecule has 0 aromatic rings. The van der Waals surface area contributed by atoms with E-state index >= 15 is 0 Å². The van der Waals surface area contributed by atoms with Crippen molar-refractivity contribution < 1.29 is 29.4 Å². The summed E-state index contributed by atoms with van der Waals surface area (Å²) in [4.78, 5) is 47.5. The van der Waals surface area contributed by atoms with Gasteiger partial charge in [0, 0.05) is 13.0 Å². The first kappa shape index (κ1) is 19.8. The number of nitrogens with two attached hydrogens (primary N) is 2. The smallest absolute Gasteiger partial charge is 0.326 e. The first-order chi connectivity index (χ1) is 11.1. The molecule has 0 aliphatic carbocycles. The number of likely N-dealkylation sites (tertiary alicyclic amines) is 1. The largest absolute Gasteiger partial charge is 0.480 e. The van der Waals surface area contributed by atoms with Crippen molar-refractivity contribution in [1.82, 2.24) is 10.2 Å². The Morgan fingerprint density at radius 1 is 1.33 bits per heavy atom. The second-order valence-corrected chi connectivity index (χ2v) is 5.87. The van der Waals surface area contributed by atoms with Gasteiger partial charge in [0.2, 0.25) is 17.7 Å². The summed E-state index contributed by atoms with van der Waals surface area (Å²) in [6, 6.07) is -3.35. The van der Waals surface area contributed by atoms with E-state index in [2.05, 4.69) is 5.32 Å². The number of hydrogen-bond acceptors (Lipinski definition) is 6. The third kappa shape index (κ3) is 5.17. The van der Waals surface area contributed by atoms with E-state index in [4.69, 9.17) is 16.6 Å². The van der Waals surface area contributed by atoms with Crippen molar-refractivity contribution in [2.75, 3.05) is 6.54 Å². The normalized spacial score (nSPS) is 21.0. The zero-order chi connectivity index (χ0) is 18.4. The average Bonchev–Trinajstić information content (AvgIpc) is 2.98. The Hall–Kier alpha value is -2.20. The molecule has 1 saturated heterocycles. The first-order valence-electron chi connectivity index (χ1n) is 7.70. The van der Waals surface area contributed by atoms with E-state index in [-0.39, 0.29) is 19.4 Å². The Balaban J connectivity index is 2.76. The lowest BCUT2D eigenvalue weighted by Crippen LogP contribution is -2.58. The van der Waals surface area contributed by atoms with Crippen molar-refractivity contribution in [3.63, 3.8) is 0 Å². The number of carboxylic acids is 1. The molecule has 24 heavy (non-hydrogen) atoms. The molecule has 136 valence electrons. The lowest BCUT2D eigenvalue weighted by atomic mass is 10.1. The van der Waals surface area contributed by atoms with Gasteiger partial charge in [-0.25, -0.2) is 4.79 Å². The molecule has 0 spiro atoms. The van der Waals surface area contributed by atoms with Gasteiger partial charge in [0.1, 0.15) is 12.1 Å². The second kappa shape index (κ2) is 8.60. The maximum absolute atomic E-state index is 12.5. The van der Waals surface area contributed by atoms with Crippen LogP contribution in [0, 0.1) is 0 Å². The number of hydrogen-bond donors (Lipinski definition) is 5. The Morgan fingerprint density at radius 3 is 2.46 bits per heavy atom. The molecule has 1 aliphatic rings. The number of carbonyl (C=O) groups is 4. The summed E-state index contributed by atoms with van der Waals surface area (Å²) in [5, 5.41) is 21.3. The predicted molar refractivity (Wildman–Crippen MR) is 82.4 cm³/mol. The zero-order valence-corrected chi connectivity index (χ0v) is 13.5. The summed E-state index contributed by atoms with van der Waals surface area (Å²) in [6.45, 7) is 1.55. The minimum absolute atomic E-state index is 0.00333. The van der Waals surface area contributed by atoms with Gasteiger partial charge in [-0.2, -0.15) is 0 Å². The predicted octanol–water partition coefficient (Wildman–Crippen LogP) is -2.48. The van der Waals surface area contributed by atoms with Crippen LogP contribution >= 0.6 is 0 Å². The van der Waals surface area contributed by atoms with Gasteiger partial charge in [-0.3, -0.25) is 14.4 Å². The monoisotopic (exact) mass is 344 g/mol. The lowest BCUT2D eigenvalue weighted by Gasteiger charge is -2.29. The molecule has 0 aromatic carbocycles. The number of amides is 3. The molecule has 0 aromatic heterocycles. The maximum Gasteiger partial charge on any atom is 0.326 e.